The van der Waals surface area contributed by atoms with Crippen molar-refractivity contribution in [2.75, 3.05) is 13.1 Å². The van der Waals surface area contributed by atoms with E-state index in [0.717, 1.165) is 4.90 Å². The van der Waals surface area contributed by atoms with Crippen LogP contribution >= 0.6 is 0 Å². The van der Waals surface area contributed by atoms with Gasteiger partial charge in [-0.2, -0.15) is 0 Å². The zero-order valence-corrected chi connectivity index (χ0v) is 13.5. The highest BCUT2D eigenvalue weighted by Gasteiger charge is 2.33. The minimum absolute atomic E-state index is 0.147. The second kappa shape index (κ2) is 5.80. The molecule has 25 heavy (non-hydrogen) atoms. The first kappa shape index (κ1) is 15.5. The lowest BCUT2D eigenvalue weighted by molar-refractivity contribution is -0.145. The van der Waals surface area contributed by atoms with Gasteiger partial charge in [0, 0.05) is 32.0 Å². The van der Waals surface area contributed by atoms with E-state index in [1.165, 1.54) is 9.30 Å². The number of aromatic nitrogens is 2. The molecule has 0 bridgehead atoms. The van der Waals surface area contributed by atoms with Gasteiger partial charge in [-0.05, 0) is 12.1 Å². The number of nitrogens with zero attached hydrogens (tertiary/aromatic N) is 4. The molecule has 4 rings (SSSR count). The van der Waals surface area contributed by atoms with Crippen molar-refractivity contribution in [3.05, 3.63) is 46.0 Å². The zero-order valence-electron chi connectivity index (χ0n) is 13.5. The fourth-order valence-corrected chi connectivity index (χ4v) is 3.30. The second-order valence-electron chi connectivity index (χ2n) is 6.21. The maximum Gasteiger partial charge on any atom is 0.263 e. The largest absolute Gasteiger partial charge is 0.336 e. The topological polar surface area (TPSA) is 92.1 Å². The number of rotatable bonds is 2. The molecule has 8 heteroatoms. The first-order chi connectivity index (χ1) is 12.0. The summed E-state index contributed by atoms with van der Waals surface area (Å²) in [6, 6.07) is 5.33. The van der Waals surface area contributed by atoms with Gasteiger partial charge in [0.15, 0.2) is 0 Å². The second-order valence-corrected chi connectivity index (χ2v) is 6.21. The number of amides is 3. The molecule has 0 N–H and O–H groups in total. The van der Waals surface area contributed by atoms with Crippen LogP contribution < -0.4 is 5.56 Å². The van der Waals surface area contributed by atoms with E-state index >= 15 is 0 Å². The summed E-state index contributed by atoms with van der Waals surface area (Å²) < 4.78 is 1.46. The maximum absolute atomic E-state index is 12.7. The quantitative estimate of drug-likeness (QED) is 0.702. The number of hydrogen-bond acceptors (Lipinski definition) is 5. The van der Waals surface area contributed by atoms with E-state index in [4.69, 9.17) is 0 Å². The summed E-state index contributed by atoms with van der Waals surface area (Å²) in [5.74, 6) is -0.959. The van der Waals surface area contributed by atoms with Crippen molar-refractivity contribution in [1.82, 2.24) is 19.2 Å². The van der Waals surface area contributed by atoms with Gasteiger partial charge in [-0.1, -0.05) is 6.07 Å². The molecular formula is C17H16N4O4. The van der Waals surface area contributed by atoms with Crippen LogP contribution in [0.4, 0.5) is 0 Å². The maximum atomic E-state index is 12.7. The molecule has 0 saturated carbocycles. The standard InChI is InChI=1S/C17H16N4O4/c22-14-4-5-15(23)21(14)10-16(24)19-8-6-12-11(9-19)17(25)20-7-2-1-3-13(20)18-12/h1-3,7H,4-6,8-10H2. The summed E-state index contributed by atoms with van der Waals surface area (Å²) in [6.07, 6.45) is 2.44. The number of carbonyl (C=O) groups is 3. The van der Waals surface area contributed by atoms with Gasteiger partial charge in [-0.25, -0.2) is 4.98 Å². The number of fused-ring (bicyclic) bond motifs is 2. The Kier molecular flexibility index (Phi) is 3.60. The van der Waals surface area contributed by atoms with E-state index < -0.39 is 0 Å². The van der Waals surface area contributed by atoms with Gasteiger partial charge < -0.3 is 4.90 Å². The van der Waals surface area contributed by atoms with Crippen LogP contribution in [0.1, 0.15) is 24.1 Å². The van der Waals surface area contributed by atoms with Gasteiger partial charge in [0.05, 0.1) is 17.8 Å². The van der Waals surface area contributed by atoms with E-state index in [9.17, 15) is 19.2 Å². The summed E-state index contributed by atoms with van der Waals surface area (Å²) in [4.78, 5) is 55.5. The number of pyridine rings is 1. The minimum Gasteiger partial charge on any atom is -0.336 e. The van der Waals surface area contributed by atoms with Gasteiger partial charge in [-0.3, -0.25) is 28.5 Å². The Morgan fingerprint density at radius 1 is 1.08 bits per heavy atom. The number of likely N-dealkylation sites (tertiary alicyclic amines) is 1. The van der Waals surface area contributed by atoms with E-state index in [0.29, 0.717) is 29.9 Å². The van der Waals surface area contributed by atoms with Crippen molar-refractivity contribution < 1.29 is 14.4 Å². The molecule has 0 radical (unpaired) electrons. The molecule has 0 aromatic carbocycles. The molecule has 3 amide bonds. The number of hydrogen-bond donors (Lipinski definition) is 0. The predicted octanol–water partition coefficient (Wildman–Crippen LogP) is -0.272. The van der Waals surface area contributed by atoms with E-state index in [1.54, 1.807) is 18.3 Å². The average Bonchev–Trinajstić information content (AvgIpc) is 2.93. The normalized spacial score (nSPS) is 17.3. The van der Waals surface area contributed by atoms with Crippen LogP contribution in [0, 0.1) is 0 Å². The lowest BCUT2D eigenvalue weighted by Gasteiger charge is -2.29. The monoisotopic (exact) mass is 340 g/mol. The Morgan fingerprint density at radius 2 is 1.84 bits per heavy atom. The molecular weight excluding hydrogens is 324 g/mol. The highest BCUT2D eigenvalue weighted by atomic mass is 16.2. The first-order valence-electron chi connectivity index (χ1n) is 8.15. The van der Waals surface area contributed by atoms with Gasteiger partial charge >= 0.3 is 0 Å². The van der Waals surface area contributed by atoms with Gasteiger partial charge in [0.25, 0.3) is 5.56 Å². The number of imide groups is 1. The molecule has 1 fully saturated rings. The molecule has 0 atom stereocenters. The number of carbonyl (C=O) groups excluding carboxylic acids is 3. The van der Waals surface area contributed by atoms with Crippen molar-refractivity contribution in [2.24, 2.45) is 0 Å². The van der Waals surface area contributed by atoms with E-state index in [-0.39, 0.29) is 49.2 Å². The van der Waals surface area contributed by atoms with Crippen molar-refractivity contribution in [1.29, 1.82) is 0 Å². The van der Waals surface area contributed by atoms with Crippen molar-refractivity contribution in [3.63, 3.8) is 0 Å². The van der Waals surface area contributed by atoms with Crippen molar-refractivity contribution in [3.8, 4) is 0 Å². The molecule has 2 aliphatic rings. The Labute approximate surface area is 142 Å². The minimum atomic E-state index is -0.327. The lowest BCUT2D eigenvalue weighted by Crippen LogP contribution is -2.46. The molecule has 8 nitrogen and oxygen atoms in total. The van der Waals surface area contributed by atoms with Gasteiger partial charge in [0.1, 0.15) is 12.2 Å². The third-order valence-corrected chi connectivity index (χ3v) is 4.68. The molecule has 2 aromatic rings. The van der Waals surface area contributed by atoms with Crippen molar-refractivity contribution >= 4 is 23.4 Å². The predicted molar refractivity (Wildman–Crippen MR) is 86.5 cm³/mol. The van der Waals surface area contributed by atoms with Gasteiger partial charge in [0.2, 0.25) is 17.7 Å². The summed E-state index contributed by atoms with van der Waals surface area (Å²) in [5, 5.41) is 0. The van der Waals surface area contributed by atoms with Crippen molar-refractivity contribution in [2.45, 2.75) is 25.8 Å². The van der Waals surface area contributed by atoms with E-state index in [1.807, 2.05) is 6.07 Å². The Morgan fingerprint density at radius 3 is 2.60 bits per heavy atom. The Bertz CT molecular complexity index is 949. The van der Waals surface area contributed by atoms with Crippen LogP contribution in [0.3, 0.4) is 0 Å². The van der Waals surface area contributed by atoms with E-state index in [2.05, 4.69) is 4.98 Å². The highest BCUT2D eigenvalue weighted by molar-refractivity contribution is 6.04. The van der Waals surface area contributed by atoms with Crippen LogP contribution in [-0.4, -0.2) is 50.0 Å². The van der Waals surface area contributed by atoms with Crippen LogP contribution in [0.2, 0.25) is 0 Å². The third kappa shape index (κ3) is 2.59. The molecule has 2 aliphatic heterocycles. The lowest BCUT2D eigenvalue weighted by atomic mass is 10.1. The fourth-order valence-electron chi connectivity index (χ4n) is 3.30. The first-order valence-corrected chi connectivity index (χ1v) is 8.15. The highest BCUT2D eigenvalue weighted by Crippen LogP contribution is 2.17. The summed E-state index contributed by atoms with van der Waals surface area (Å²) in [6.45, 7) is 0.306. The molecule has 1 saturated heterocycles. The summed E-state index contributed by atoms with van der Waals surface area (Å²) in [5.41, 5.74) is 1.58. The smallest absolute Gasteiger partial charge is 0.263 e. The van der Waals surface area contributed by atoms with Crippen LogP contribution in [0.25, 0.3) is 5.65 Å². The van der Waals surface area contributed by atoms with Crippen LogP contribution in [0.5, 0.6) is 0 Å². The molecule has 2 aromatic heterocycles. The zero-order chi connectivity index (χ0) is 17.6. The summed E-state index contributed by atoms with van der Waals surface area (Å²) >= 11 is 0. The molecule has 4 heterocycles. The molecule has 128 valence electrons. The molecule has 0 aliphatic carbocycles. The Balaban J connectivity index is 1.59. The Hall–Kier alpha value is -3.03. The summed E-state index contributed by atoms with van der Waals surface area (Å²) in [7, 11) is 0. The third-order valence-electron chi connectivity index (χ3n) is 4.68. The molecule has 0 spiro atoms. The average molecular weight is 340 g/mol. The SMILES string of the molecule is O=C(CN1C(=O)CCC1=O)N1CCc2nc3ccccn3c(=O)c2C1. The fraction of sp³-hybridized carbons (Fsp3) is 0.353. The van der Waals surface area contributed by atoms with Crippen LogP contribution in [0.15, 0.2) is 29.2 Å². The van der Waals surface area contributed by atoms with Crippen LogP contribution in [-0.2, 0) is 27.3 Å². The molecule has 0 unspecified atom stereocenters. The van der Waals surface area contributed by atoms with Gasteiger partial charge in [-0.15, -0.1) is 0 Å².